The SMILES string of the molecule is COc1ncc(CN2CCOC3(COC(C(=O)NCc4ccon4)C3)C2)cc1C. The van der Waals surface area contributed by atoms with Crippen molar-refractivity contribution in [1.29, 1.82) is 0 Å². The molecule has 9 heteroatoms. The molecule has 2 atom stereocenters. The molecular weight excluding hydrogens is 376 g/mol. The molecule has 2 aromatic rings. The van der Waals surface area contributed by atoms with Gasteiger partial charge in [-0.25, -0.2) is 4.98 Å². The molecule has 2 saturated heterocycles. The largest absolute Gasteiger partial charge is 0.481 e. The lowest BCUT2D eigenvalue weighted by molar-refractivity contribution is -0.130. The number of aryl methyl sites for hydroxylation is 1. The summed E-state index contributed by atoms with van der Waals surface area (Å²) in [5.41, 5.74) is 2.36. The highest BCUT2D eigenvalue weighted by atomic mass is 16.6. The predicted octanol–water partition coefficient (Wildman–Crippen LogP) is 1.06. The first-order valence-corrected chi connectivity index (χ1v) is 9.71. The van der Waals surface area contributed by atoms with Crippen LogP contribution in [0.15, 0.2) is 29.1 Å². The maximum absolute atomic E-state index is 12.5. The number of carbonyl (C=O) groups excluding carboxylic acids is 1. The second-order valence-electron chi connectivity index (χ2n) is 7.62. The van der Waals surface area contributed by atoms with Gasteiger partial charge in [0, 0.05) is 43.9 Å². The zero-order valence-electron chi connectivity index (χ0n) is 16.7. The average Bonchev–Trinajstić information content (AvgIpc) is 3.37. The van der Waals surface area contributed by atoms with Crippen molar-refractivity contribution in [2.45, 2.75) is 38.1 Å². The normalized spacial score (nSPS) is 24.7. The van der Waals surface area contributed by atoms with Crippen LogP contribution in [0.5, 0.6) is 5.88 Å². The van der Waals surface area contributed by atoms with Gasteiger partial charge >= 0.3 is 0 Å². The maximum Gasteiger partial charge on any atom is 0.249 e. The van der Waals surface area contributed by atoms with Gasteiger partial charge in [0.1, 0.15) is 23.7 Å². The molecule has 1 spiro atoms. The molecule has 1 amide bonds. The second-order valence-corrected chi connectivity index (χ2v) is 7.62. The van der Waals surface area contributed by atoms with Crippen LogP contribution in [0.2, 0.25) is 0 Å². The van der Waals surface area contributed by atoms with Crippen LogP contribution in [0, 0.1) is 6.92 Å². The molecular formula is C20H26N4O5. The molecule has 29 heavy (non-hydrogen) atoms. The minimum atomic E-state index is -0.522. The fraction of sp³-hybridized carbons (Fsp3) is 0.550. The molecule has 0 saturated carbocycles. The van der Waals surface area contributed by atoms with E-state index in [0.29, 0.717) is 44.3 Å². The van der Waals surface area contributed by atoms with Crippen molar-refractivity contribution in [3.05, 3.63) is 41.4 Å². The van der Waals surface area contributed by atoms with Crippen LogP contribution >= 0.6 is 0 Å². The lowest BCUT2D eigenvalue weighted by Gasteiger charge is -2.39. The van der Waals surface area contributed by atoms with Gasteiger partial charge in [0.15, 0.2) is 0 Å². The Labute approximate surface area is 169 Å². The number of aromatic nitrogens is 2. The number of methoxy groups -OCH3 is 1. The zero-order valence-corrected chi connectivity index (χ0v) is 16.7. The summed E-state index contributed by atoms with van der Waals surface area (Å²) in [4.78, 5) is 19.1. The molecule has 9 nitrogen and oxygen atoms in total. The van der Waals surface area contributed by atoms with E-state index >= 15 is 0 Å². The molecule has 2 unspecified atom stereocenters. The van der Waals surface area contributed by atoms with Crippen molar-refractivity contribution in [3.8, 4) is 5.88 Å². The Morgan fingerprint density at radius 2 is 2.38 bits per heavy atom. The molecule has 0 radical (unpaired) electrons. The van der Waals surface area contributed by atoms with Crippen LogP contribution in [0.3, 0.4) is 0 Å². The number of hydrogen-bond acceptors (Lipinski definition) is 8. The second kappa shape index (κ2) is 8.48. The third-order valence-corrected chi connectivity index (χ3v) is 5.35. The van der Waals surface area contributed by atoms with Crippen LogP contribution in [-0.2, 0) is 27.4 Å². The van der Waals surface area contributed by atoms with Crippen molar-refractivity contribution in [2.75, 3.05) is 33.4 Å². The molecule has 2 aliphatic rings. The molecule has 0 aliphatic carbocycles. The Balaban J connectivity index is 1.33. The van der Waals surface area contributed by atoms with Crippen LogP contribution < -0.4 is 10.1 Å². The van der Waals surface area contributed by atoms with Gasteiger partial charge in [0.2, 0.25) is 11.8 Å². The quantitative estimate of drug-likeness (QED) is 0.766. The molecule has 4 heterocycles. The Kier molecular flexibility index (Phi) is 5.79. The van der Waals surface area contributed by atoms with E-state index in [-0.39, 0.29) is 5.91 Å². The number of morpholine rings is 1. The van der Waals surface area contributed by atoms with E-state index in [0.717, 1.165) is 24.2 Å². The number of nitrogens with one attached hydrogen (secondary N) is 1. The van der Waals surface area contributed by atoms with Gasteiger partial charge in [0.05, 0.1) is 26.9 Å². The predicted molar refractivity (Wildman–Crippen MR) is 102 cm³/mol. The molecule has 156 valence electrons. The van der Waals surface area contributed by atoms with E-state index < -0.39 is 11.7 Å². The van der Waals surface area contributed by atoms with Gasteiger partial charge in [-0.05, 0) is 18.6 Å². The lowest BCUT2D eigenvalue weighted by Crippen LogP contribution is -2.52. The summed E-state index contributed by atoms with van der Waals surface area (Å²) < 4.78 is 21.9. The summed E-state index contributed by atoms with van der Waals surface area (Å²) >= 11 is 0. The standard InChI is InChI=1S/C20H26N4O5/c1-14-7-15(9-22-19(14)26-2)11-24-4-6-28-20(12-24)8-17(27-13-20)18(25)21-10-16-3-5-29-23-16/h3,5,7,9,17H,4,6,8,10-13H2,1-2H3,(H,21,25). The maximum atomic E-state index is 12.5. The zero-order chi connectivity index (χ0) is 20.3. The van der Waals surface area contributed by atoms with E-state index in [1.54, 1.807) is 13.2 Å². The Morgan fingerprint density at radius 1 is 1.48 bits per heavy atom. The number of pyridine rings is 1. The van der Waals surface area contributed by atoms with Gasteiger partial charge in [-0.1, -0.05) is 5.16 Å². The monoisotopic (exact) mass is 402 g/mol. The van der Waals surface area contributed by atoms with Gasteiger partial charge in [-0.2, -0.15) is 0 Å². The number of carbonyl (C=O) groups is 1. The summed E-state index contributed by atoms with van der Waals surface area (Å²) in [7, 11) is 1.62. The van der Waals surface area contributed by atoms with Crippen LogP contribution in [0.25, 0.3) is 0 Å². The number of nitrogens with zero attached hydrogens (tertiary/aromatic N) is 3. The van der Waals surface area contributed by atoms with Crippen LogP contribution in [0.1, 0.15) is 23.2 Å². The van der Waals surface area contributed by atoms with Crippen molar-refractivity contribution < 1.29 is 23.5 Å². The van der Waals surface area contributed by atoms with Crippen molar-refractivity contribution in [1.82, 2.24) is 20.4 Å². The van der Waals surface area contributed by atoms with E-state index in [2.05, 4.69) is 26.4 Å². The Bertz CT molecular complexity index is 843. The number of hydrogen-bond donors (Lipinski definition) is 1. The minimum Gasteiger partial charge on any atom is -0.481 e. The molecule has 4 rings (SSSR count). The smallest absolute Gasteiger partial charge is 0.249 e. The number of ether oxygens (including phenoxy) is 3. The highest BCUT2D eigenvalue weighted by Crippen LogP contribution is 2.32. The topological polar surface area (TPSA) is 99.0 Å². The van der Waals surface area contributed by atoms with Crippen molar-refractivity contribution >= 4 is 5.91 Å². The van der Waals surface area contributed by atoms with Gasteiger partial charge in [-0.15, -0.1) is 0 Å². The minimum absolute atomic E-state index is 0.152. The summed E-state index contributed by atoms with van der Waals surface area (Å²) in [6.07, 6.45) is 3.34. The first kappa shape index (κ1) is 19.8. The fourth-order valence-electron chi connectivity index (χ4n) is 3.94. The Hall–Kier alpha value is -2.49. The molecule has 2 aromatic heterocycles. The highest BCUT2D eigenvalue weighted by molar-refractivity contribution is 5.81. The third-order valence-electron chi connectivity index (χ3n) is 5.35. The van der Waals surface area contributed by atoms with Crippen LogP contribution in [0.4, 0.5) is 0 Å². The lowest BCUT2D eigenvalue weighted by atomic mass is 9.97. The van der Waals surface area contributed by atoms with Gasteiger partial charge < -0.3 is 24.1 Å². The van der Waals surface area contributed by atoms with Crippen molar-refractivity contribution in [2.24, 2.45) is 0 Å². The summed E-state index contributed by atoms with van der Waals surface area (Å²) in [5, 5.41) is 6.63. The molecule has 2 aliphatic heterocycles. The Morgan fingerprint density at radius 3 is 3.14 bits per heavy atom. The van der Waals surface area contributed by atoms with Gasteiger partial charge in [0.25, 0.3) is 0 Å². The molecule has 0 aromatic carbocycles. The third kappa shape index (κ3) is 4.58. The molecule has 1 N–H and O–H groups in total. The van der Waals surface area contributed by atoms with E-state index in [4.69, 9.17) is 18.7 Å². The fourth-order valence-corrected chi connectivity index (χ4v) is 3.94. The number of amides is 1. The molecule has 0 bridgehead atoms. The summed E-state index contributed by atoms with van der Waals surface area (Å²) in [6.45, 7) is 5.64. The van der Waals surface area contributed by atoms with Crippen molar-refractivity contribution in [3.63, 3.8) is 0 Å². The first-order valence-electron chi connectivity index (χ1n) is 9.71. The van der Waals surface area contributed by atoms with Crippen LogP contribution in [-0.4, -0.2) is 66.1 Å². The highest BCUT2D eigenvalue weighted by Gasteiger charge is 2.46. The summed E-state index contributed by atoms with van der Waals surface area (Å²) in [5.74, 6) is 0.497. The number of rotatable bonds is 6. The van der Waals surface area contributed by atoms with E-state index in [1.165, 1.54) is 6.26 Å². The van der Waals surface area contributed by atoms with Gasteiger partial charge in [-0.3, -0.25) is 9.69 Å². The first-order chi connectivity index (χ1) is 14.1. The van der Waals surface area contributed by atoms with E-state index in [1.807, 2.05) is 13.1 Å². The summed E-state index contributed by atoms with van der Waals surface area (Å²) in [6, 6.07) is 3.81. The molecule has 2 fully saturated rings. The van der Waals surface area contributed by atoms with E-state index in [9.17, 15) is 4.79 Å². The average molecular weight is 402 g/mol.